The maximum atomic E-state index is 13.2. The van der Waals surface area contributed by atoms with E-state index in [-0.39, 0.29) is 54.4 Å². The molecule has 0 aliphatic carbocycles. The Labute approximate surface area is 430 Å². The lowest BCUT2D eigenvalue weighted by atomic mass is 9.80. The van der Waals surface area contributed by atoms with Gasteiger partial charge in [0, 0.05) is 31.0 Å². The minimum absolute atomic E-state index is 0.0209. The molecular weight excluding hydrogens is 987 g/mol. The summed E-state index contributed by atoms with van der Waals surface area (Å²) in [6.07, 6.45) is -0.914. The smallest absolute Gasteiger partial charge is 0.418 e. The molecular formula is C54H53N7O13S. The van der Waals surface area contributed by atoms with Crippen LogP contribution in [0.5, 0.6) is 17.2 Å². The molecule has 20 nitrogen and oxygen atoms in total. The van der Waals surface area contributed by atoms with Crippen LogP contribution in [0.2, 0.25) is 0 Å². The molecule has 5 aromatic carbocycles. The number of carbonyl (C=O) groups is 3. The van der Waals surface area contributed by atoms with E-state index in [1.165, 1.54) is 53.0 Å². The van der Waals surface area contributed by atoms with Crippen molar-refractivity contribution in [2.45, 2.75) is 48.2 Å². The number of rotatable bonds is 20. The first kappa shape index (κ1) is 51.5. The third-order valence-electron chi connectivity index (χ3n) is 12.9. The van der Waals surface area contributed by atoms with Crippen LogP contribution in [0.1, 0.15) is 41.3 Å². The van der Waals surface area contributed by atoms with E-state index in [2.05, 4.69) is 25.6 Å². The van der Waals surface area contributed by atoms with Gasteiger partial charge in [-0.1, -0.05) is 72.8 Å². The predicted octanol–water partition coefficient (Wildman–Crippen LogP) is 5.90. The number of fused-ring (bicyclic) bond motifs is 2. The average molecular weight is 1040 g/mol. The van der Waals surface area contributed by atoms with Crippen LogP contribution in [0, 0.1) is 0 Å². The fourth-order valence-corrected chi connectivity index (χ4v) is 10.1. The van der Waals surface area contributed by atoms with E-state index in [0.29, 0.717) is 33.7 Å². The summed E-state index contributed by atoms with van der Waals surface area (Å²) in [5.41, 5.74) is 1.62. The van der Waals surface area contributed by atoms with Gasteiger partial charge < -0.3 is 38.8 Å². The van der Waals surface area contributed by atoms with E-state index in [4.69, 9.17) is 28.4 Å². The number of amides is 2. The number of aliphatic hydroxyl groups excluding tert-OH is 1. The third-order valence-corrected chi connectivity index (χ3v) is 14.5. The van der Waals surface area contributed by atoms with Crippen LogP contribution < -0.4 is 30.4 Å². The number of imidazole rings is 1. The monoisotopic (exact) mass is 1040 g/mol. The second-order valence-corrected chi connectivity index (χ2v) is 19.6. The van der Waals surface area contributed by atoms with Gasteiger partial charge in [0.05, 0.1) is 63.0 Å². The van der Waals surface area contributed by atoms with Crippen LogP contribution in [-0.2, 0) is 45.7 Å². The summed E-state index contributed by atoms with van der Waals surface area (Å²) in [7, 11) is 0.901. The van der Waals surface area contributed by atoms with Gasteiger partial charge in [-0.15, -0.1) is 0 Å². The van der Waals surface area contributed by atoms with Gasteiger partial charge in [-0.25, -0.2) is 18.2 Å². The fraction of sp³-hybridized carbons (Fsp3) is 0.259. The summed E-state index contributed by atoms with van der Waals surface area (Å²) in [6, 6.07) is 37.6. The van der Waals surface area contributed by atoms with Gasteiger partial charge in [-0.2, -0.15) is 4.98 Å². The average Bonchev–Trinajstić information content (AvgIpc) is 4.15. The molecule has 4 heterocycles. The van der Waals surface area contributed by atoms with Crippen molar-refractivity contribution in [3.8, 4) is 17.2 Å². The number of hydrogen-bond acceptors (Lipinski definition) is 15. The number of sulfone groups is 1. The molecule has 75 heavy (non-hydrogen) atoms. The van der Waals surface area contributed by atoms with Crippen molar-refractivity contribution in [2.24, 2.45) is 0 Å². The Morgan fingerprint density at radius 2 is 1.43 bits per heavy atom. The van der Waals surface area contributed by atoms with Gasteiger partial charge in [0.2, 0.25) is 17.8 Å². The van der Waals surface area contributed by atoms with Crippen LogP contribution >= 0.6 is 0 Å². The summed E-state index contributed by atoms with van der Waals surface area (Å²) in [6.45, 7) is -0.563. The zero-order chi connectivity index (χ0) is 52.7. The van der Waals surface area contributed by atoms with E-state index in [1.54, 1.807) is 38.5 Å². The van der Waals surface area contributed by atoms with Crippen LogP contribution in [0.15, 0.2) is 150 Å². The van der Waals surface area contributed by atoms with Crippen molar-refractivity contribution in [3.63, 3.8) is 0 Å². The molecule has 0 radical (unpaired) electrons. The Kier molecular flexibility index (Phi) is 15.4. The number of aromatic nitrogens is 5. The molecule has 8 aromatic rings. The number of benzene rings is 5. The first-order chi connectivity index (χ1) is 36.3. The molecule has 1 aliphatic rings. The van der Waals surface area contributed by atoms with Gasteiger partial charge >= 0.3 is 6.09 Å². The number of methoxy groups -OCH3 is 3. The molecule has 0 bridgehead atoms. The quantitative estimate of drug-likeness (QED) is 0.0648. The summed E-state index contributed by atoms with van der Waals surface area (Å²) >= 11 is 0. The van der Waals surface area contributed by atoms with E-state index in [9.17, 15) is 32.7 Å². The lowest BCUT2D eigenvalue weighted by molar-refractivity contribution is -0.120. The molecule has 9 rings (SSSR count). The summed E-state index contributed by atoms with van der Waals surface area (Å²) < 4.78 is 63.2. The highest BCUT2D eigenvalue weighted by atomic mass is 32.2. The van der Waals surface area contributed by atoms with Crippen molar-refractivity contribution in [3.05, 3.63) is 173 Å². The zero-order valence-corrected chi connectivity index (χ0v) is 41.8. The fourth-order valence-electron chi connectivity index (χ4n) is 9.01. The van der Waals surface area contributed by atoms with E-state index < -0.39 is 69.7 Å². The molecule has 0 spiro atoms. The van der Waals surface area contributed by atoms with Crippen molar-refractivity contribution in [1.29, 1.82) is 0 Å². The Bertz CT molecular complexity index is 3440. The number of ether oxygens (including phenoxy) is 6. The van der Waals surface area contributed by atoms with Gasteiger partial charge in [0.1, 0.15) is 41.8 Å². The first-order valence-corrected chi connectivity index (χ1v) is 25.4. The topological polar surface area (TPSA) is 254 Å². The number of aromatic amines is 1. The predicted molar refractivity (Wildman–Crippen MR) is 275 cm³/mol. The summed E-state index contributed by atoms with van der Waals surface area (Å²) in [5, 5.41) is 17.4. The molecule has 21 heteroatoms. The standard InChI is InChI=1S/C54H53N7O13S/c1-69-38-17-13-36(14-18-38)54(35-9-5-4-6-10-35,37-15-19-39(70-2)20-16-37)73-32-45-44(62)30-48(74-45)61-33-56-49-50(61)58-52(59-51(49)65)57-46(63)25-26-55-47(64)29-34-31-60(43-12-8-7-11-42(34)43)53(66)72-27-28-75(67,68)41-23-21-40(71-3)22-24-41/h4-24,31,33,44-45,48,62H,25-30,32H2,1-3H3,(H,55,64)(H2,57,58,59,63,65)/t44-,45-,48-/m1/s1. The Morgan fingerprint density at radius 3 is 2.08 bits per heavy atom. The van der Waals surface area contributed by atoms with Crippen LogP contribution in [0.4, 0.5) is 10.7 Å². The third kappa shape index (κ3) is 11.1. The van der Waals surface area contributed by atoms with Crippen LogP contribution in [0.25, 0.3) is 22.1 Å². The molecule has 4 N–H and O–H groups in total. The van der Waals surface area contributed by atoms with Gasteiger partial charge in [-0.3, -0.25) is 33.8 Å². The molecule has 2 amide bonds. The molecule has 0 saturated carbocycles. The first-order valence-electron chi connectivity index (χ1n) is 23.8. The lowest BCUT2D eigenvalue weighted by Gasteiger charge is -2.37. The highest BCUT2D eigenvalue weighted by molar-refractivity contribution is 7.91. The van der Waals surface area contributed by atoms with Crippen LogP contribution in [-0.4, -0.2) is 115 Å². The number of aliphatic hydroxyl groups is 1. The largest absolute Gasteiger partial charge is 0.497 e. The van der Waals surface area contributed by atoms with Crippen molar-refractivity contribution in [2.75, 3.05) is 52.2 Å². The SMILES string of the molecule is COc1ccc(C(OC[C@H]2O[C@@H](n3cnc4c(=O)[nH]c(NC(=O)CCNC(=O)Cc5cn(C(=O)OCCS(=O)(=O)c6ccc(OC)cc6)c6ccccc56)nc43)C[C@H]2O)(c2ccccc2)c2ccc(OC)cc2)cc1. The van der Waals surface area contributed by atoms with Gasteiger partial charge in [0.25, 0.3) is 5.56 Å². The minimum atomic E-state index is -3.76. The number of anilines is 1. The molecule has 1 saturated heterocycles. The molecule has 3 atom stereocenters. The zero-order valence-electron chi connectivity index (χ0n) is 41.0. The lowest BCUT2D eigenvalue weighted by Crippen LogP contribution is -2.38. The molecule has 3 aromatic heterocycles. The van der Waals surface area contributed by atoms with E-state index >= 15 is 0 Å². The number of para-hydroxylation sites is 1. The Balaban J connectivity index is 0.823. The van der Waals surface area contributed by atoms with Crippen molar-refractivity contribution in [1.82, 2.24) is 29.4 Å². The van der Waals surface area contributed by atoms with Crippen LogP contribution in [0.3, 0.4) is 0 Å². The Hall–Kier alpha value is -8.37. The normalized spacial score (nSPS) is 15.7. The number of nitrogens with zero attached hydrogens (tertiary/aromatic N) is 4. The van der Waals surface area contributed by atoms with Crippen molar-refractivity contribution >= 4 is 55.8 Å². The maximum Gasteiger partial charge on any atom is 0.418 e. The number of nitrogens with one attached hydrogen (secondary N) is 3. The molecule has 1 aliphatic heterocycles. The second-order valence-electron chi connectivity index (χ2n) is 17.5. The summed E-state index contributed by atoms with van der Waals surface area (Å²) in [4.78, 5) is 64.1. The van der Waals surface area contributed by atoms with E-state index in [0.717, 1.165) is 16.7 Å². The number of H-pyrrole nitrogens is 1. The highest BCUT2D eigenvalue weighted by Crippen LogP contribution is 2.43. The van der Waals surface area contributed by atoms with Gasteiger partial charge in [0.15, 0.2) is 21.0 Å². The molecule has 0 unspecified atom stereocenters. The maximum absolute atomic E-state index is 13.2. The molecule has 1 fully saturated rings. The van der Waals surface area contributed by atoms with Crippen molar-refractivity contribution < 1.29 is 56.3 Å². The number of hydrogen-bond donors (Lipinski definition) is 4. The van der Waals surface area contributed by atoms with Gasteiger partial charge in [-0.05, 0) is 76.9 Å². The second kappa shape index (κ2) is 22.4. The molecule has 388 valence electrons. The minimum Gasteiger partial charge on any atom is -0.497 e. The Morgan fingerprint density at radius 1 is 0.813 bits per heavy atom. The highest BCUT2D eigenvalue weighted by Gasteiger charge is 2.42. The van der Waals surface area contributed by atoms with E-state index in [1.807, 2.05) is 78.9 Å². The summed E-state index contributed by atoms with van der Waals surface area (Å²) in [5.74, 6) is 0.183. The number of carbonyl (C=O) groups excluding carboxylic acids is 3.